The molecule has 0 bridgehead atoms. The zero-order valence-electron chi connectivity index (χ0n) is 41.5. The lowest BCUT2D eigenvalue weighted by Gasteiger charge is -2.18. The third kappa shape index (κ3) is 49.3. The summed E-state index contributed by atoms with van der Waals surface area (Å²) in [6.45, 7) is 6.41. The molecular weight excluding hydrogens is 793 g/mol. The summed E-state index contributed by atoms with van der Waals surface area (Å²) >= 11 is 0. The molecule has 1 unspecified atom stereocenters. The van der Waals surface area contributed by atoms with Crippen molar-refractivity contribution >= 4 is 17.9 Å². The molecule has 0 fully saturated rings. The standard InChI is InChI=1S/C58H96O6/c1-4-7-10-13-16-18-20-22-24-25-26-27-28-29-30-31-32-33-35-36-38-40-42-45-48-51-57(60)63-54-55(53-62-56(59)50-47-44-15-12-9-6-3)64-58(61)52-49-46-43-41-39-37-34-23-21-19-17-14-11-8-5-2/h7,10,16,18,22-24,26-27,29-30,32-34,36,38,55H,4-6,8-9,11-15,17,19-21,25,28,31,35,37,39-54H2,1-3H3/b10-7-,18-16-,24-22-,27-26-,30-29-,33-32-,34-23-,38-36-. The van der Waals surface area contributed by atoms with Crippen LogP contribution < -0.4 is 0 Å². The molecular formula is C58H96O6. The van der Waals surface area contributed by atoms with Crippen molar-refractivity contribution in [3.05, 3.63) is 97.2 Å². The highest BCUT2D eigenvalue weighted by Gasteiger charge is 2.19. The first-order valence-electron chi connectivity index (χ1n) is 26.2. The Balaban J connectivity index is 4.28. The van der Waals surface area contributed by atoms with Gasteiger partial charge in [-0.25, -0.2) is 0 Å². The summed E-state index contributed by atoms with van der Waals surface area (Å²) in [6.07, 6.45) is 68.5. The average Bonchev–Trinajstić information content (AvgIpc) is 3.29. The molecule has 0 aromatic carbocycles. The fraction of sp³-hybridized carbons (Fsp3) is 0.672. The first kappa shape index (κ1) is 60.3. The number of carbonyl (C=O) groups excluding carboxylic acids is 3. The van der Waals surface area contributed by atoms with E-state index in [0.29, 0.717) is 19.3 Å². The van der Waals surface area contributed by atoms with Crippen LogP contribution in [0.15, 0.2) is 97.2 Å². The van der Waals surface area contributed by atoms with Gasteiger partial charge in [-0.1, -0.05) is 208 Å². The average molecular weight is 889 g/mol. The highest BCUT2D eigenvalue weighted by atomic mass is 16.6. The minimum Gasteiger partial charge on any atom is -0.462 e. The first-order valence-corrected chi connectivity index (χ1v) is 26.2. The van der Waals surface area contributed by atoms with E-state index in [1.165, 1.54) is 70.6 Å². The topological polar surface area (TPSA) is 78.9 Å². The summed E-state index contributed by atoms with van der Waals surface area (Å²) in [5, 5.41) is 0. The molecule has 0 spiro atoms. The zero-order valence-corrected chi connectivity index (χ0v) is 41.5. The molecule has 0 aromatic heterocycles. The maximum absolute atomic E-state index is 12.7. The van der Waals surface area contributed by atoms with E-state index in [4.69, 9.17) is 14.2 Å². The molecule has 0 aliphatic carbocycles. The van der Waals surface area contributed by atoms with Gasteiger partial charge in [0.1, 0.15) is 13.2 Å². The summed E-state index contributed by atoms with van der Waals surface area (Å²) in [5.74, 6) is -0.948. The smallest absolute Gasteiger partial charge is 0.306 e. The minimum atomic E-state index is -0.792. The molecule has 0 N–H and O–H groups in total. The van der Waals surface area contributed by atoms with Crippen LogP contribution in [0.25, 0.3) is 0 Å². The van der Waals surface area contributed by atoms with Crippen LogP contribution in [-0.4, -0.2) is 37.2 Å². The fourth-order valence-corrected chi connectivity index (χ4v) is 6.89. The first-order chi connectivity index (χ1) is 31.5. The molecule has 0 aromatic rings. The van der Waals surface area contributed by atoms with E-state index in [1.807, 2.05) is 0 Å². The predicted octanol–water partition coefficient (Wildman–Crippen LogP) is 17.4. The summed E-state index contributed by atoms with van der Waals surface area (Å²) in [5.41, 5.74) is 0. The van der Waals surface area contributed by atoms with Crippen molar-refractivity contribution in [3.63, 3.8) is 0 Å². The third-order valence-electron chi connectivity index (χ3n) is 10.8. The van der Waals surface area contributed by atoms with E-state index < -0.39 is 6.10 Å². The molecule has 1 atom stereocenters. The molecule has 0 saturated carbocycles. The van der Waals surface area contributed by atoms with Crippen LogP contribution in [-0.2, 0) is 28.6 Å². The van der Waals surface area contributed by atoms with Crippen molar-refractivity contribution in [3.8, 4) is 0 Å². The molecule has 0 radical (unpaired) electrons. The van der Waals surface area contributed by atoms with Gasteiger partial charge in [-0.15, -0.1) is 0 Å². The van der Waals surface area contributed by atoms with Crippen LogP contribution in [0.5, 0.6) is 0 Å². The van der Waals surface area contributed by atoms with Crippen LogP contribution in [0.3, 0.4) is 0 Å². The quantitative estimate of drug-likeness (QED) is 0.0262. The van der Waals surface area contributed by atoms with Crippen molar-refractivity contribution in [1.82, 2.24) is 0 Å². The second-order valence-electron chi connectivity index (χ2n) is 17.1. The molecule has 0 aliphatic rings. The summed E-state index contributed by atoms with van der Waals surface area (Å²) in [4.78, 5) is 37.7. The maximum atomic E-state index is 12.7. The monoisotopic (exact) mass is 889 g/mol. The van der Waals surface area contributed by atoms with Gasteiger partial charge in [-0.05, 0) is 103 Å². The van der Waals surface area contributed by atoms with E-state index in [0.717, 1.165) is 122 Å². The molecule has 0 amide bonds. The second kappa shape index (κ2) is 52.0. The highest BCUT2D eigenvalue weighted by molar-refractivity contribution is 5.71. The number of rotatable bonds is 46. The SMILES string of the molecule is CC/C=C\C/C=C\C/C=C\C/C=C\C/C=C\C/C=C\C/C=C\CCCCCC(=O)OCC(COC(=O)CCCCCCCC)OC(=O)CCCCCCC/C=C\CCCCCCCC. The molecule has 0 aliphatic heterocycles. The molecule has 0 rings (SSSR count). The van der Waals surface area contributed by atoms with Gasteiger partial charge in [0.2, 0.25) is 0 Å². The van der Waals surface area contributed by atoms with E-state index in [-0.39, 0.29) is 31.1 Å². The molecule has 6 nitrogen and oxygen atoms in total. The molecule has 6 heteroatoms. The van der Waals surface area contributed by atoms with Crippen LogP contribution in [0.1, 0.15) is 233 Å². The van der Waals surface area contributed by atoms with Gasteiger partial charge in [0.25, 0.3) is 0 Å². The van der Waals surface area contributed by atoms with Crippen molar-refractivity contribution in [2.24, 2.45) is 0 Å². The van der Waals surface area contributed by atoms with Crippen LogP contribution in [0.2, 0.25) is 0 Å². The Hall–Kier alpha value is -3.67. The summed E-state index contributed by atoms with van der Waals surface area (Å²) in [6, 6.07) is 0. The highest BCUT2D eigenvalue weighted by Crippen LogP contribution is 2.13. The summed E-state index contributed by atoms with van der Waals surface area (Å²) < 4.78 is 16.7. The van der Waals surface area contributed by atoms with E-state index in [9.17, 15) is 14.4 Å². The van der Waals surface area contributed by atoms with Crippen molar-refractivity contribution < 1.29 is 28.6 Å². The summed E-state index contributed by atoms with van der Waals surface area (Å²) in [7, 11) is 0. The van der Waals surface area contributed by atoms with Gasteiger partial charge in [-0.2, -0.15) is 0 Å². The Kier molecular flexibility index (Phi) is 49.0. The van der Waals surface area contributed by atoms with Crippen LogP contribution in [0.4, 0.5) is 0 Å². The Morgan fingerprint density at radius 1 is 0.328 bits per heavy atom. The molecule has 364 valence electrons. The number of allylic oxidation sites excluding steroid dienone is 16. The molecule has 0 saturated heterocycles. The van der Waals surface area contributed by atoms with Crippen molar-refractivity contribution in [2.75, 3.05) is 13.2 Å². The lowest BCUT2D eigenvalue weighted by Crippen LogP contribution is -2.30. The van der Waals surface area contributed by atoms with Crippen LogP contribution in [0, 0.1) is 0 Å². The van der Waals surface area contributed by atoms with Crippen molar-refractivity contribution in [2.45, 2.75) is 239 Å². The Bertz CT molecular complexity index is 1300. The normalized spacial score (nSPS) is 12.9. The van der Waals surface area contributed by atoms with Gasteiger partial charge >= 0.3 is 17.9 Å². The zero-order chi connectivity index (χ0) is 46.5. The Labute approximate surface area is 394 Å². The third-order valence-corrected chi connectivity index (χ3v) is 10.8. The number of hydrogen-bond donors (Lipinski definition) is 0. The van der Waals surface area contributed by atoms with E-state index >= 15 is 0 Å². The maximum Gasteiger partial charge on any atom is 0.306 e. The van der Waals surface area contributed by atoms with E-state index in [2.05, 4.69) is 118 Å². The largest absolute Gasteiger partial charge is 0.462 e. The molecule has 0 heterocycles. The van der Waals surface area contributed by atoms with Gasteiger partial charge in [-0.3, -0.25) is 14.4 Å². The lowest BCUT2D eigenvalue weighted by atomic mass is 10.1. The number of carbonyl (C=O) groups is 3. The fourth-order valence-electron chi connectivity index (χ4n) is 6.89. The molecule has 64 heavy (non-hydrogen) atoms. The van der Waals surface area contributed by atoms with Crippen LogP contribution >= 0.6 is 0 Å². The Morgan fingerprint density at radius 2 is 0.609 bits per heavy atom. The number of esters is 3. The van der Waals surface area contributed by atoms with Gasteiger partial charge in [0, 0.05) is 19.3 Å². The number of unbranched alkanes of at least 4 members (excludes halogenated alkanes) is 19. The number of ether oxygens (including phenoxy) is 3. The minimum absolute atomic E-state index is 0.0923. The van der Waals surface area contributed by atoms with E-state index in [1.54, 1.807) is 0 Å². The predicted molar refractivity (Wildman–Crippen MR) is 274 cm³/mol. The second-order valence-corrected chi connectivity index (χ2v) is 17.1. The van der Waals surface area contributed by atoms with Gasteiger partial charge < -0.3 is 14.2 Å². The number of hydrogen-bond acceptors (Lipinski definition) is 6. The van der Waals surface area contributed by atoms with Gasteiger partial charge in [0.15, 0.2) is 6.10 Å². The van der Waals surface area contributed by atoms with Crippen molar-refractivity contribution in [1.29, 1.82) is 0 Å². The lowest BCUT2D eigenvalue weighted by molar-refractivity contribution is -0.167. The Morgan fingerprint density at radius 3 is 0.984 bits per heavy atom. The van der Waals surface area contributed by atoms with Gasteiger partial charge in [0.05, 0.1) is 0 Å².